The second-order valence-corrected chi connectivity index (χ2v) is 5.89. The van der Waals surface area contributed by atoms with Gasteiger partial charge in [-0.3, -0.25) is 9.59 Å². The van der Waals surface area contributed by atoms with Crippen molar-refractivity contribution >= 4 is 11.9 Å². The van der Waals surface area contributed by atoms with Crippen molar-refractivity contribution in [2.24, 2.45) is 11.8 Å². The maximum absolute atomic E-state index is 12.2. The zero-order valence-electron chi connectivity index (χ0n) is 13.6. The first-order valence-electron chi connectivity index (χ1n) is 8.54. The van der Waals surface area contributed by atoms with Crippen LogP contribution in [0.15, 0.2) is 0 Å². The minimum Gasteiger partial charge on any atom is -0.465 e. The Labute approximate surface area is 128 Å². The number of hydrogen-bond acceptors (Lipinski definition) is 4. The van der Waals surface area contributed by atoms with Crippen LogP contribution in [0.2, 0.25) is 0 Å². The molecule has 2 unspecified atom stereocenters. The molecule has 1 saturated carbocycles. The highest BCUT2D eigenvalue weighted by atomic mass is 16.5. The van der Waals surface area contributed by atoms with E-state index >= 15 is 0 Å². The summed E-state index contributed by atoms with van der Waals surface area (Å²) in [6.45, 7) is 5.04. The van der Waals surface area contributed by atoms with Crippen LogP contribution >= 0.6 is 0 Å². The van der Waals surface area contributed by atoms with Gasteiger partial charge in [-0.05, 0) is 25.7 Å². The van der Waals surface area contributed by atoms with Crippen LogP contribution in [-0.2, 0) is 19.1 Å². The summed E-state index contributed by atoms with van der Waals surface area (Å²) in [5.74, 6) is -1.02. The lowest BCUT2D eigenvalue weighted by Crippen LogP contribution is -2.35. The highest BCUT2D eigenvalue weighted by molar-refractivity contribution is 5.82. The van der Waals surface area contributed by atoms with Gasteiger partial charge in [-0.25, -0.2) is 0 Å². The smallest absolute Gasteiger partial charge is 0.309 e. The maximum Gasteiger partial charge on any atom is 0.309 e. The average Bonchev–Trinajstić information content (AvgIpc) is 2.52. The van der Waals surface area contributed by atoms with Crippen molar-refractivity contribution in [2.45, 2.75) is 71.6 Å². The summed E-state index contributed by atoms with van der Waals surface area (Å²) in [5, 5.41) is 0. The van der Waals surface area contributed by atoms with E-state index in [0.717, 1.165) is 44.9 Å². The van der Waals surface area contributed by atoms with Gasteiger partial charge in [0.05, 0.1) is 25.0 Å². The Kier molecular flexibility index (Phi) is 9.11. The van der Waals surface area contributed by atoms with Crippen molar-refractivity contribution in [2.75, 3.05) is 13.2 Å². The van der Waals surface area contributed by atoms with Gasteiger partial charge in [0, 0.05) is 0 Å². The minimum absolute atomic E-state index is 0.204. The third-order valence-corrected chi connectivity index (χ3v) is 4.06. The van der Waals surface area contributed by atoms with Crippen molar-refractivity contribution in [1.29, 1.82) is 0 Å². The van der Waals surface area contributed by atoms with Crippen LogP contribution in [0.25, 0.3) is 0 Å². The van der Waals surface area contributed by atoms with Crippen LogP contribution < -0.4 is 0 Å². The van der Waals surface area contributed by atoms with Crippen LogP contribution in [-0.4, -0.2) is 25.2 Å². The molecule has 4 heteroatoms. The molecular weight excluding hydrogens is 268 g/mol. The molecule has 0 N–H and O–H groups in total. The first-order valence-corrected chi connectivity index (χ1v) is 8.54. The van der Waals surface area contributed by atoms with E-state index < -0.39 is 0 Å². The molecule has 1 aliphatic rings. The third kappa shape index (κ3) is 6.49. The summed E-state index contributed by atoms with van der Waals surface area (Å²) in [6.07, 6.45) is 8.64. The van der Waals surface area contributed by atoms with Gasteiger partial charge < -0.3 is 9.47 Å². The maximum atomic E-state index is 12.2. The van der Waals surface area contributed by atoms with Gasteiger partial charge in [0.15, 0.2) is 0 Å². The van der Waals surface area contributed by atoms with Gasteiger partial charge in [-0.1, -0.05) is 46.0 Å². The average molecular weight is 298 g/mol. The van der Waals surface area contributed by atoms with E-state index in [2.05, 4.69) is 6.92 Å². The Hall–Kier alpha value is -1.06. The molecule has 0 bridgehead atoms. The van der Waals surface area contributed by atoms with Crippen LogP contribution in [0.1, 0.15) is 71.6 Å². The molecule has 21 heavy (non-hydrogen) atoms. The van der Waals surface area contributed by atoms with E-state index in [9.17, 15) is 9.59 Å². The van der Waals surface area contributed by atoms with Crippen molar-refractivity contribution < 1.29 is 19.1 Å². The number of esters is 2. The monoisotopic (exact) mass is 298 g/mol. The largest absolute Gasteiger partial charge is 0.465 e. The Morgan fingerprint density at radius 1 is 0.810 bits per heavy atom. The zero-order chi connectivity index (χ0) is 15.5. The number of carbonyl (C=O) groups excluding carboxylic acids is 2. The summed E-state index contributed by atoms with van der Waals surface area (Å²) in [5.41, 5.74) is 0. The lowest BCUT2D eigenvalue weighted by atomic mass is 9.79. The van der Waals surface area contributed by atoms with Crippen LogP contribution in [0, 0.1) is 11.8 Å². The molecule has 1 fully saturated rings. The Balaban J connectivity index is 2.40. The van der Waals surface area contributed by atoms with Crippen molar-refractivity contribution in [3.05, 3.63) is 0 Å². The van der Waals surface area contributed by atoms with Gasteiger partial charge in [0.25, 0.3) is 0 Å². The lowest BCUT2D eigenvalue weighted by Gasteiger charge is -2.28. The van der Waals surface area contributed by atoms with Gasteiger partial charge in [-0.15, -0.1) is 0 Å². The van der Waals surface area contributed by atoms with E-state index in [1.807, 2.05) is 6.92 Å². The second kappa shape index (κ2) is 10.6. The summed E-state index contributed by atoms with van der Waals surface area (Å²) in [7, 11) is 0. The molecule has 0 aromatic rings. The lowest BCUT2D eigenvalue weighted by molar-refractivity contribution is -0.163. The van der Waals surface area contributed by atoms with Gasteiger partial charge in [-0.2, -0.15) is 0 Å². The molecule has 0 radical (unpaired) electrons. The molecule has 0 spiro atoms. The van der Waals surface area contributed by atoms with Crippen molar-refractivity contribution in [1.82, 2.24) is 0 Å². The highest BCUT2D eigenvalue weighted by Gasteiger charge is 2.37. The molecule has 0 heterocycles. The fourth-order valence-corrected chi connectivity index (χ4v) is 2.81. The fraction of sp³-hybridized carbons (Fsp3) is 0.882. The molecule has 2 atom stereocenters. The number of hydrogen-bond donors (Lipinski definition) is 0. The van der Waals surface area contributed by atoms with E-state index in [0.29, 0.717) is 13.2 Å². The van der Waals surface area contributed by atoms with Crippen LogP contribution in [0.5, 0.6) is 0 Å². The van der Waals surface area contributed by atoms with Crippen LogP contribution in [0.4, 0.5) is 0 Å². The summed E-state index contributed by atoms with van der Waals surface area (Å²) >= 11 is 0. The first kappa shape index (κ1) is 18.0. The first-order chi connectivity index (χ1) is 10.2. The Morgan fingerprint density at radius 2 is 1.38 bits per heavy atom. The molecule has 1 aliphatic carbocycles. The zero-order valence-corrected chi connectivity index (χ0v) is 13.6. The SMILES string of the molecule is CCCCCCOC(=O)C1CCCCC1C(=O)OCCC. The molecule has 122 valence electrons. The second-order valence-electron chi connectivity index (χ2n) is 5.89. The molecule has 0 aromatic carbocycles. The number of carbonyl (C=O) groups is 2. The van der Waals surface area contributed by atoms with Gasteiger partial charge in [0.1, 0.15) is 0 Å². The third-order valence-electron chi connectivity index (χ3n) is 4.06. The van der Waals surface area contributed by atoms with E-state index in [1.165, 1.54) is 12.8 Å². The van der Waals surface area contributed by atoms with Crippen LogP contribution in [0.3, 0.4) is 0 Å². The molecule has 4 nitrogen and oxygen atoms in total. The van der Waals surface area contributed by atoms with E-state index in [1.54, 1.807) is 0 Å². The normalized spacial score (nSPS) is 21.8. The predicted octanol–water partition coefficient (Wildman–Crippen LogP) is 3.87. The quantitative estimate of drug-likeness (QED) is 0.479. The van der Waals surface area contributed by atoms with Gasteiger partial charge in [0.2, 0.25) is 0 Å². The van der Waals surface area contributed by atoms with Crippen molar-refractivity contribution in [3.63, 3.8) is 0 Å². The molecule has 0 amide bonds. The fourth-order valence-electron chi connectivity index (χ4n) is 2.81. The van der Waals surface area contributed by atoms with Crippen molar-refractivity contribution in [3.8, 4) is 0 Å². The summed E-state index contributed by atoms with van der Waals surface area (Å²) in [4.78, 5) is 24.2. The molecule has 1 rings (SSSR count). The summed E-state index contributed by atoms with van der Waals surface area (Å²) < 4.78 is 10.6. The number of ether oxygens (including phenoxy) is 2. The molecular formula is C17H30O4. The van der Waals surface area contributed by atoms with E-state index in [4.69, 9.17) is 9.47 Å². The standard InChI is InChI=1S/C17H30O4/c1-3-5-6-9-13-21-17(19)15-11-8-7-10-14(15)16(18)20-12-4-2/h14-15H,3-13H2,1-2H3. The minimum atomic E-state index is -0.298. The van der Waals surface area contributed by atoms with Gasteiger partial charge >= 0.3 is 11.9 Å². The molecule has 0 saturated heterocycles. The topological polar surface area (TPSA) is 52.6 Å². The van der Waals surface area contributed by atoms with E-state index in [-0.39, 0.29) is 23.8 Å². The number of rotatable bonds is 9. The predicted molar refractivity (Wildman–Crippen MR) is 81.8 cm³/mol. The summed E-state index contributed by atoms with van der Waals surface area (Å²) in [6, 6.07) is 0. The highest BCUT2D eigenvalue weighted by Crippen LogP contribution is 2.32. The Bertz CT molecular complexity index is 314. The molecule has 0 aromatic heterocycles. The molecule has 0 aliphatic heterocycles. The Morgan fingerprint density at radius 3 is 1.90 bits per heavy atom. The number of unbranched alkanes of at least 4 members (excludes halogenated alkanes) is 3.